The van der Waals surface area contributed by atoms with Gasteiger partial charge in [-0.1, -0.05) is 41.4 Å². The van der Waals surface area contributed by atoms with Crippen LogP contribution in [0.4, 0.5) is 0 Å². The molecule has 2 rings (SSSR count). The number of nitrogens with one attached hydrogen (secondary N) is 3. The van der Waals surface area contributed by atoms with Crippen molar-refractivity contribution in [1.29, 1.82) is 0 Å². The van der Waals surface area contributed by atoms with Gasteiger partial charge in [-0.05, 0) is 55.0 Å². The zero-order valence-electron chi connectivity index (χ0n) is 14.5. The predicted molar refractivity (Wildman–Crippen MR) is 109 cm³/mol. The molecular formula is C19H18ClN3O3S. The van der Waals surface area contributed by atoms with Gasteiger partial charge in [0.1, 0.15) is 5.75 Å². The molecule has 140 valence electrons. The summed E-state index contributed by atoms with van der Waals surface area (Å²) in [6, 6.07) is 14.3. The third kappa shape index (κ3) is 7.89. The van der Waals surface area contributed by atoms with E-state index in [9.17, 15) is 9.59 Å². The number of aryl methyl sites for hydroxylation is 1. The molecule has 0 heterocycles. The zero-order valence-corrected chi connectivity index (χ0v) is 16.1. The van der Waals surface area contributed by atoms with Crippen molar-refractivity contribution in [3.63, 3.8) is 0 Å². The summed E-state index contributed by atoms with van der Waals surface area (Å²) in [6.07, 6.45) is 3.01. The lowest BCUT2D eigenvalue weighted by Gasteiger charge is -2.10. The number of hydrazine groups is 1. The highest BCUT2D eigenvalue weighted by Gasteiger charge is 2.05. The number of rotatable bonds is 5. The number of amides is 2. The van der Waals surface area contributed by atoms with E-state index in [4.69, 9.17) is 28.6 Å². The van der Waals surface area contributed by atoms with Crippen molar-refractivity contribution >= 4 is 46.8 Å². The lowest BCUT2D eigenvalue weighted by Crippen LogP contribution is -2.49. The standard InChI is InChI=1S/C19H18ClN3O3S/c1-13-2-4-14(5-3-13)6-11-17(24)21-19(27)23-22-18(25)12-26-16-9-7-15(20)8-10-16/h2-11H,12H2,1H3,(H,22,25)(H2,21,23,24,27)/b11-6+. The first-order chi connectivity index (χ1) is 12.9. The summed E-state index contributed by atoms with van der Waals surface area (Å²) >= 11 is 10.7. The molecule has 0 fully saturated rings. The molecule has 2 amide bonds. The first-order valence-electron chi connectivity index (χ1n) is 7.95. The first kappa shape index (κ1) is 20.4. The van der Waals surface area contributed by atoms with Gasteiger partial charge in [-0.3, -0.25) is 25.8 Å². The van der Waals surface area contributed by atoms with Gasteiger partial charge in [0.25, 0.3) is 5.91 Å². The second kappa shape index (κ2) is 10.3. The van der Waals surface area contributed by atoms with Crippen LogP contribution in [0.5, 0.6) is 5.75 Å². The van der Waals surface area contributed by atoms with Crippen LogP contribution >= 0.6 is 23.8 Å². The Labute approximate surface area is 167 Å². The number of hydrogen-bond donors (Lipinski definition) is 3. The van der Waals surface area contributed by atoms with Crippen molar-refractivity contribution in [2.45, 2.75) is 6.92 Å². The highest BCUT2D eigenvalue weighted by molar-refractivity contribution is 7.80. The summed E-state index contributed by atoms with van der Waals surface area (Å²) in [7, 11) is 0. The number of halogens is 1. The second-order valence-electron chi connectivity index (χ2n) is 5.48. The van der Waals surface area contributed by atoms with Gasteiger partial charge in [-0.2, -0.15) is 0 Å². The Kier molecular flexibility index (Phi) is 7.79. The van der Waals surface area contributed by atoms with Crippen LogP contribution in [0.3, 0.4) is 0 Å². The maximum Gasteiger partial charge on any atom is 0.276 e. The Balaban J connectivity index is 1.68. The van der Waals surface area contributed by atoms with Gasteiger partial charge in [-0.15, -0.1) is 0 Å². The maximum absolute atomic E-state index is 11.8. The topological polar surface area (TPSA) is 79.5 Å². The lowest BCUT2D eigenvalue weighted by molar-refractivity contribution is -0.123. The molecule has 0 atom stereocenters. The van der Waals surface area contributed by atoms with Crippen LogP contribution in [0.25, 0.3) is 6.08 Å². The number of hydrogen-bond acceptors (Lipinski definition) is 4. The monoisotopic (exact) mass is 403 g/mol. The molecule has 27 heavy (non-hydrogen) atoms. The Morgan fingerprint density at radius 2 is 1.74 bits per heavy atom. The molecule has 6 nitrogen and oxygen atoms in total. The maximum atomic E-state index is 11.8. The van der Waals surface area contributed by atoms with Gasteiger partial charge in [0.05, 0.1) is 0 Å². The van der Waals surface area contributed by atoms with Crippen molar-refractivity contribution in [3.8, 4) is 5.75 Å². The first-order valence-corrected chi connectivity index (χ1v) is 8.74. The predicted octanol–water partition coefficient (Wildman–Crippen LogP) is 2.76. The summed E-state index contributed by atoms with van der Waals surface area (Å²) in [6.45, 7) is 1.76. The highest BCUT2D eigenvalue weighted by atomic mass is 35.5. The molecule has 0 aliphatic carbocycles. The van der Waals surface area contributed by atoms with Crippen LogP contribution in [0.2, 0.25) is 5.02 Å². The van der Waals surface area contributed by atoms with Gasteiger partial charge in [0, 0.05) is 11.1 Å². The van der Waals surface area contributed by atoms with Crippen LogP contribution in [0, 0.1) is 6.92 Å². The van der Waals surface area contributed by atoms with Gasteiger partial charge in [0.2, 0.25) is 5.91 Å². The van der Waals surface area contributed by atoms with Crippen LogP contribution in [-0.2, 0) is 9.59 Å². The van der Waals surface area contributed by atoms with Crippen LogP contribution < -0.4 is 20.9 Å². The molecular weight excluding hydrogens is 386 g/mol. The fourth-order valence-electron chi connectivity index (χ4n) is 1.88. The molecule has 0 spiro atoms. The normalized spacial score (nSPS) is 10.3. The van der Waals surface area contributed by atoms with E-state index in [0.717, 1.165) is 11.1 Å². The van der Waals surface area contributed by atoms with E-state index in [1.807, 2.05) is 31.2 Å². The Hall–Kier alpha value is -2.90. The highest BCUT2D eigenvalue weighted by Crippen LogP contribution is 2.15. The van der Waals surface area contributed by atoms with Crippen molar-refractivity contribution in [3.05, 3.63) is 70.8 Å². The Morgan fingerprint density at radius 1 is 1.07 bits per heavy atom. The van der Waals surface area contributed by atoms with Crippen molar-refractivity contribution in [2.75, 3.05) is 6.61 Å². The molecule has 0 unspecified atom stereocenters. The van der Waals surface area contributed by atoms with Gasteiger partial charge in [-0.25, -0.2) is 0 Å². The quantitative estimate of drug-likeness (QED) is 0.406. The van der Waals surface area contributed by atoms with Crippen LogP contribution in [-0.4, -0.2) is 23.5 Å². The Bertz CT molecular complexity index is 836. The fourth-order valence-corrected chi connectivity index (χ4v) is 2.15. The molecule has 0 aliphatic heterocycles. The number of thiocarbonyl (C=S) groups is 1. The minimum atomic E-state index is -0.461. The fraction of sp³-hybridized carbons (Fsp3) is 0.105. The number of carbonyl (C=O) groups is 2. The molecule has 0 aromatic heterocycles. The summed E-state index contributed by atoms with van der Waals surface area (Å²) in [5, 5.41) is 2.96. The summed E-state index contributed by atoms with van der Waals surface area (Å²) in [5.41, 5.74) is 6.79. The lowest BCUT2D eigenvalue weighted by atomic mass is 10.1. The number of ether oxygens (including phenoxy) is 1. The molecule has 2 aromatic carbocycles. The zero-order chi connectivity index (χ0) is 19.6. The molecule has 0 saturated heterocycles. The van der Waals surface area contributed by atoms with E-state index in [-0.39, 0.29) is 11.7 Å². The van der Waals surface area contributed by atoms with E-state index in [1.54, 1.807) is 30.3 Å². The summed E-state index contributed by atoms with van der Waals surface area (Å²) < 4.78 is 5.28. The van der Waals surface area contributed by atoms with Crippen LogP contribution in [0.15, 0.2) is 54.6 Å². The second-order valence-corrected chi connectivity index (χ2v) is 6.32. The van der Waals surface area contributed by atoms with E-state index < -0.39 is 11.8 Å². The van der Waals surface area contributed by atoms with E-state index in [2.05, 4.69) is 16.2 Å². The molecule has 0 radical (unpaired) electrons. The molecule has 0 saturated carbocycles. The van der Waals surface area contributed by atoms with Crippen molar-refractivity contribution in [2.24, 2.45) is 0 Å². The molecule has 0 aliphatic rings. The summed E-state index contributed by atoms with van der Waals surface area (Å²) in [5.74, 6) is -0.372. The minimum Gasteiger partial charge on any atom is -0.484 e. The van der Waals surface area contributed by atoms with Crippen molar-refractivity contribution in [1.82, 2.24) is 16.2 Å². The Morgan fingerprint density at radius 3 is 2.41 bits per heavy atom. The third-order valence-electron chi connectivity index (χ3n) is 3.24. The summed E-state index contributed by atoms with van der Waals surface area (Å²) in [4.78, 5) is 23.5. The van der Waals surface area contributed by atoms with E-state index in [1.165, 1.54) is 6.08 Å². The minimum absolute atomic E-state index is 0.0339. The van der Waals surface area contributed by atoms with Crippen LogP contribution in [0.1, 0.15) is 11.1 Å². The molecule has 2 aromatic rings. The van der Waals surface area contributed by atoms with E-state index in [0.29, 0.717) is 10.8 Å². The largest absolute Gasteiger partial charge is 0.484 e. The number of benzene rings is 2. The number of carbonyl (C=O) groups excluding carboxylic acids is 2. The van der Waals surface area contributed by atoms with Crippen molar-refractivity contribution < 1.29 is 14.3 Å². The molecule has 8 heteroatoms. The third-order valence-corrected chi connectivity index (χ3v) is 3.70. The average molecular weight is 404 g/mol. The smallest absolute Gasteiger partial charge is 0.276 e. The molecule has 0 bridgehead atoms. The van der Waals surface area contributed by atoms with Gasteiger partial charge in [0.15, 0.2) is 11.7 Å². The van der Waals surface area contributed by atoms with Gasteiger partial charge >= 0.3 is 0 Å². The average Bonchev–Trinajstić information content (AvgIpc) is 2.65. The van der Waals surface area contributed by atoms with Gasteiger partial charge < -0.3 is 4.74 Å². The molecule has 3 N–H and O–H groups in total. The van der Waals surface area contributed by atoms with E-state index >= 15 is 0 Å². The SMILES string of the molecule is Cc1ccc(/C=C/C(=O)NC(=S)NNC(=O)COc2ccc(Cl)cc2)cc1.